The third-order valence-corrected chi connectivity index (χ3v) is 10.3. The minimum atomic E-state index is -1.73. The Balaban J connectivity index is 1.79. The Bertz CT molecular complexity index is 1300. The number of nitrogens with zero attached hydrogens (tertiary/aromatic N) is 1. The number of hydrogen-bond acceptors (Lipinski definition) is 0. The molecule has 1 aliphatic rings. The third-order valence-electron chi connectivity index (χ3n) is 6.73. The molecule has 3 heteroatoms. The molecule has 0 radical (unpaired) electrons. The van der Waals surface area contributed by atoms with Crippen LogP contribution >= 0.6 is 0 Å². The van der Waals surface area contributed by atoms with Crippen molar-refractivity contribution in [3.05, 3.63) is 97.1 Å². The van der Waals surface area contributed by atoms with Gasteiger partial charge in [0.15, 0.2) is 0 Å². The molecule has 0 atom stereocenters. The summed E-state index contributed by atoms with van der Waals surface area (Å²) >= 11 is 0. The highest BCUT2D eigenvalue weighted by molar-refractivity contribution is 7.10. The molecule has 1 aliphatic heterocycles. The normalized spacial score (nSPS) is 14.8. The van der Waals surface area contributed by atoms with E-state index in [2.05, 4.69) is 115 Å². The van der Waals surface area contributed by atoms with Gasteiger partial charge in [-0.05, 0) is 12.1 Å². The lowest BCUT2D eigenvalue weighted by atomic mass is 9.49. The van der Waals surface area contributed by atoms with E-state index < -0.39 is 8.07 Å². The first-order valence-corrected chi connectivity index (χ1v) is 13.3. The molecule has 2 heterocycles. The van der Waals surface area contributed by atoms with Gasteiger partial charge in [0, 0.05) is 21.8 Å². The van der Waals surface area contributed by atoms with Gasteiger partial charge in [0.25, 0.3) is 0 Å². The van der Waals surface area contributed by atoms with Crippen molar-refractivity contribution in [1.29, 1.82) is 0 Å². The lowest BCUT2D eigenvalue weighted by Crippen LogP contribution is -2.75. The van der Waals surface area contributed by atoms with Gasteiger partial charge in [-0.15, -0.1) is 0 Å². The zero-order chi connectivity index (χ0) is 19.6. The van der Waals surface area contributed by atoms with E-state index in [0.717, 1.165) is 0 Å². The molecule has 0 saturated carbocycles. The van der Waals surface area contributed by atoms with Gasteiger partial charge < -0.3 is 4.48 Å². The highest BCUT2D eigenvalue weighted by Gasteiger charge is 2.42. The highest BCUT2D eigenvalue weighted by Crippen LogP contribution is 2.29. The van der Waals surface area contributed by atoms with Gasteiger partial charge in [0.1, 0.15) is 8.07 Å². The number of hydrogen-bond donors (Lipinski definition) is 0. The molecule has 5 aromatic rings. The maximum Gasteiger partial charge on any atom is 0.327 e. The first-order chi connectivity index (χ1) is 14.2. The van der Waals surface area contributed by atoms with Gasteiger partial charge in [-0.1, -0.05) is 119 Å². The summed E-state index contributed by atoms with van der Waals surface area (Å²) in [5.74, 6) is 0. The molecule has 0 spiro atoms. The predicted octanol–water partition coefficient (Wildman–Crippen LogP) is 3.58. The first kappa shape index (κ1) is 16.9. The van der Waals surface area contributed by atoms with Crippen LogP contribution in [0.5, 0.6) is 0 Å². The summed E-state index contributed by atoms with van der Waals surface area (Å²) < 4.78 is 2.58. The molecule has 0 bridgehead atoms. The maximum atomic E-state index is 2.58. The minimum Gasteiger partial charge on any atom is -0.376 e. The topological polar surface area (TPSA) is 4.93 Å². The third kappa shape index (κ3) is 2.22. The fraction of sp³-hybridized carbons (Fsp3) is 0.0769. The summed E-state index contributed by atoms with van der Waals surface area (Å²) in [6, 6.07) is 36.0. The van der Waals surface area contributed by atoms with Crippen LogP contribution in [0.2, 0.25) is 13.1 Å². The molecule has 1 aromatic heterocycles. The van der Waals surface area contributed by atoms with Crippen LogP contribution in [0.3, 0.4) is 0 Å². The van der Waals surface area contributed by atoms with E-state index in [1.54, 1.807) is 10.4 Å². The van der Waals surface area contributed by atoms with Crippen LogP contribution < -0.4 is 21.3 Å². The Morgan fingerprint density at radius 3 is 1.48 bits per heavy atom. The molecular weight excluding hydrogens is 365 g/mol. The first-order valence-electron chi connectivity index (χ1n) is 10.3. The van der Waals surface area contributed by atoms with Gasteiger partial charge in [-0.25, -0.2) is 0 Å². The average Bonchev–Trinajstić information content (AvgIpc) is 3.09. The van der Waals surface area contributed by atoms with Crippen LogP contribution in [0, 0.1) is 0 Å². The lowest BCUT2D eigenvalue weighted by Gasteiger charge is -2.37. The zero-order valence-electron chi connectivity index (χ0n) is 16.8. The van der Waals surface area contributed by atoms with Crippen LogP contribution in [0.15, 0.2) is 97.1 Å². The van der Waals surface area contributed by atoms with Crippen molar-refractivity contribution >= 4 is 58.0 Å². The van der Waals surface area contributed by atoms with Crippen molar-refractivity contribution in [3.63, 3.8) is 0 Å². The number of rotatable bonds is 1. The summed E-state index contributed by atoms with van der Waals surface area (Å²) in [6.45, 7) is 5.19. The second-order valence-electron chi connectivity index (χ2n) is 8.61. The Morgan fingerprint density at radius 1 is 0.552 bits per heavy atom. The molecule has 29 heavy (non-hydrogen) atoms. The molecule has 0 N–H and O–H groups in total. The van der Waals surface area contributed by atoms with Crippen molar-refractivity contribution in [3.8, 4) is 0 Å². The molecule has 1 nitrogen and oxygen atoms in total. The van der Waals surface area contributed by atoms with Crippen molar-refractivity contribution in [2.75, 3.05) is 0 Å². The largest absolute Gasteiger partial charge is 0.376 e. The Kier molecular flexibility index (Phi) is 3.48. The van der Waals surface area contributed by atoms with Crippen LogP contribution in [0.25, 0.3) is 21.8 Å². The molecule has 4 aromatic carbocycles. The fourth-order valence-electron chi connectivity index (χ4n) is 5.43. The second-order valence-corrected chi connectivity index (χ2v) is 12.9. The summed E-state index contributed by atoms with van der Waals surface area (Å²) in [7, 11) is -1.73. The van der Waals surface area contributed by atoms with E-state index in [4.69, 9.17) is 0 Å². The molecule has 138 valence electrons. The van der Waals surface area contributed by atoms with E-state index in [1.807, 2.05) is 0 Å². The van der Waals surface area contributed by atoms with Gasteiger partial charge in [-0.2, -0.15) is 0 Å². The van der Waals surface area contributed by atoms with E-state index in [9.17, 15) is 0 Å². The molecule has 6 rings (SSSR count). The summed E-state index contributed by atoms with van der Waals surface area (Å²) in [4.78, 5) is 0. The van der Waals surface area contributed by atoms with Crippen LogP contribution in [0.4, 0.5) is 0 Å². The van der Waals surface area contributed by atoms with E-state index in [-0.39, 0.29) is 6.85 Å². The van der Waals surface area contributed by atoms with Crippen molar-refractivity contribution in [2.24, 2.45) is 0 Å². The predicted molar refractivity (Wildman–Crippen MR) is 129 cm³/mol. The van der Waals surface area contributed by atoms with Gasteiger partial charge in [0.2, 0.25) is 0 Å². The number of benzene rings is 4. The number of para-hydroxylation sites is 2. The van der Waals surface area contributed by atoms with Gasteiger partial charge >= 0.3 is 6.85 Å². The fourth-order valence-corrected chi connectivity index (χ4v) is 8.63. The Hall–Kier alpha value is -3.04. The summed E-state index contributed by atoms with van der Waals surface area (Å²) in [6.07, 6.45) is 0. The SMILES string of the molecule is C[Si]1(C)c2ccccc2B(n2c3ccccc3c3ccccc32)c2ccccc21. The molecular formula is C26H22BNSi. The molecule has 0 unspecified atom stereocenters. The lowest BCUT2D eigenvalue weighted by molar-refractivity contribution is 1.34. The van der Waals surface area contributed by atoms with Crippen molar-refractivity contribution in [1.82, 2.24) is 4.48 Å². The summed E-state index contributed by atoms with van der Waals surface area (Å²) in [5.41, 5.74) is 5.55. The Labute approximate surface area is 172 Å². The second kappa shape index (κ2) is 5.98. The quantitative estimate of drug-likeness (QED) is 0.388. The monoisotopic (exact) mass is 387 g/mol. The van der Waals surface area contributed by atoms with Crippen LogP contribution in [-0.2, 0) is 0 Å². The molecule has 0 fully saturated rings. The maximum absolute atomic E-state index is 2.58. The van der Waals surface area contributed by atoms with Crippen molar-refractivity contribution < 1.29 is 0 Å². The number of aromatic nitrogens is 1. The van der Waals surface area contributed by atoms with E-state index in [1.165, 1.54) is 32.7 Å². The van der Waals surface area contributed by atoms with E-state index >= 15 is 0 Å². The van der Waals surface area contributed by atoms with Crippen LogP contribution in [0.1, 0.15) is 0 Å². The smallest absolute Gasteiger partial charge is 0.327 e. The Morgan fingerprint density at radius 2 is 0.966 bits per heavy atom. The molecule has 0 amide bonds. The molecule has 0 aliphatic carbocycles. The number of fused-ring (bicyclic) bond motifs is 5. The highest BCUT2D eigenvalue weighted by atomic mass is 28.3. The van der Waals surface area contributed by atoms with Crippen molar-refractivity contribution in [2.45, 2.75) is 13.1 Å². The van der Waals surface area contributed by atoms with E-state index in [0.29, 0.717) is 0 Å². The summed E-state index contributed by atoms with van der Waals surface area (Å²) in [5, 5.41) is 5.79. The minimum absolute atomic E-state index is 0.202. The zero-order valence-corrected chi connectivity index (χ0v) is 17.8. The van der Waals surface area contributed by atoms with Gasteiger partial charge in [-0.3, -0.25) is 0 Å². The van der Waals surface area contributed by atoms with Gasteiger partial charge in [0.05, 0.1) is 0 Å². The average molecular weight is 387 g/mol. The molecule has 0 saturated heterocycles. The van der Waals surface area contributed by atoms with Crippen LogP contribution in [-0.4, -0.2) is 19.4 Å². The standard InChI is InChI=1S/C26H22BNSi/c1-29(2)25-17-9-5-13-21(25)27(22-14-6-10-18-26(22)29)28-23-15-7-3-11-19(23)20-12-4-8-16-24(20)28/h3-18H,1-2H3.